The van der Waals surface area contributed by atoms with E-state index in [1.54, 1.807) is 12.1 Å². The van der Waals surface area contributed by atoms with Crippen molar-refractivity contribution in [1.82, 2.24) is 4.90 Å². The summed E-state index contributed by atoms with van der Waals surface area (Å²) in [6, 6.07) is 12.1. The van der Waals surface area contributed by atoms with E-state index in [-0.39, 0.29) is 22.3 Å². The number of aliphatic hydroxyl groups excluding tert-OH is 1. The molecule has 136 valence electrons. The third-order valence-electron chi connectivity index (χ3n) is 3.82. The molecule has 1 unspecified atom stereocenters. The van der Waals surface area contributed by atoms with Crippen molar-refractivity contribution >= 4 is 23.1 Å². The maximum Gasteiger partial charge on any atom is 0.419 e. The summed E-state index contributed by atoms with van der Waals surface area (Å²) >= 11 is 0.768. The molecule has 2 aromatic rings. The van der Waals surface area contributed by atoms with Crippen molar-refractivity contribution in [1.29, 1.82) is 0 Å². The van der Waals surface area contributed by atoms with Crippen LogP contribution in [0.2, 0.25) is 0 Å². The number of carbonyl (C=O) groups is 1. The van der Waals surface area contributed by atoms with Crippen LogP contribution in [0.5, 0.6) is 5.75 Å². The molecule has 1 fully saturated rings. The molecular formula is C18H14F3NO3S. The van der Waals surface area contributed by atoms with Gasteiger partial charge >= 0.3 is 6.18 Å². The molecule has 1 amide bonds. The Balaban J connectivity index is 1.85. The Bertz CT molecular complexity index is 853. The predicted molar refractivity (Wildman–Crippen MR) is 92.1 cm³/mol. The fraction of sp³-hybridized carbons (Fsp3) is 0.167. The van der Waals surface area contributed by atoms with Crippen molar-refractivity contribution in [3.63, 3.8) is 0 Å². The van der Waals surface area contributed by atoms with Gasteiger partial charge in [-0.3, -0.25) is 9.69 Å². The van der Waals surface area contributed by atoms with Crippen LogP contribution in [-0.4, -0.2) is 26.6 Å². The summed E-state index contributed by atoms with van der Waals surface area (Å²) in [6.45, 7) is 0.189. The van der Waals surface area contributed by atoms with Crippen molar-refractivity contribution in [2.45, 2.75) is 18.9 Å². The molecule has 1 aliphatic rings. The molecule has 0 spiro atoms. The van der Waals surface area contributed by atoms with Gasteiger partial charge in [-0.1, -0.05) is 36.4 Å². The number of amides is 1. The molecule has 8 heteroatoms. The number of rotatable bonds is 3. The molecule has 0 radical (unpaired) electrons. The lowest BCUT2D eigenvalue weighted by Gasteiger charge is -2.19. The number of aromatic hydroxyl groups is 1. The summed E-state index contributed by atoms with van der Waals surface area (Å²) in [6.07, 6.45) is -4.63. The molecule has 2 aromatic carbocycles. The highest BCUT2D eigenvalue weighted by Crippen LogP contribution is 2.39. The molecule has 1 saturated heterocycles. The van der Waals surface area contributed by atoms with E-state index in [9.17, 15) is 28.2 Å². The number of aliphatic hydroxyl groups is 1. The number of phenols is 1. The highest BCUT2D eigenvalue weighted by molar-refractivity contribution is 8.17. The normalized spacial score (nSPS) is 19.4. The topological polar surface area (TPSA) is 60.8 Å². The maximum absolute atomic E-state index is 12.9. The Labute approximate surface area is 151 Å². The molecule has 3 rings (SSSR count). The number of carbonyl (C=O) groups excluding carboxylic acids is 1. The number of hydrogen-bond acceptors (Lipinski definition) is 4. The molecule has 0 aliphatic carbocycles. The minimum Gasteiger partial charge on any atom is -0.507 e. The van der Waals surface area contributed by atoms with Gasteiger partial charge in [0.25, 0.3) is 5.24 Å². The van der Waals surface area contributed by atoms with Crippen molar-refractivity contribution in [2.24, 2.45) is 0 Å². The zero-order valence-electron chi connectivity index (χ0n) is 13.3. The van der Waals surface area contributed by atoms with Crippen LogP contribution in [0.4, 0.5) is 18.0 Å². The van der Waals surface area contributed by atoms with Crippen molar-refractivity contribution in [3.05, 3.63) is 70.1 Å². The van der Waals surface area contributed by atoms with Gasteiger partial charge in [-0.05, 0) is 41.1 Å². The fourth-order valence-corrected chi connectivity index (χ4v) is 3.45. The van der Waals surface area contributed by atoms with Gasteiger partial charge in [0.05, 0.1) is 5.56 Å². The Kier molecular flexibility index (Phi) is 4.97. The summed E-state index contributed by atoms with van der Waals surface area (Å²) < 4.78 is 38.7. The average molecular weight is 381 g/mol. The van der Waals surface area contributed by atoms with Gasteiger partial charge in [-0.25, -0.2) is 0 Å². The summed E-state index contributed by atoms with van der Waals surface area (Å²) in [5, 5.41) is 19.4. The largest absolute Gasteiger partial charge is 0.507 e. The van der Waals surface area contributed by atoms with Crippen LogP contribution in [0.3, 0.4) is 0 Å². The van der Waals surface area contributed by atoms with E-state index in [2.05, 4.69) is 0 Å². The maximum atomic E-state index is 12.9. The van der Waals surface area contributed by atoms with Gasteiger partial charge in [-0.15, -0.1) is 0 Å². The molecule has 1 heterocycles. The third kappa shape index (κ3) is 3.86. The first-order valence-corrected chi connectivity index (χ1v) is 8.39. The van der Waals surface area contributed by atoms with Gasteiger partial charge in [0.15, 0.2) is 6.23 Å². The minimum absolute atomic E-state index is 0.131. The van der Waals surface area contributed by atoms with E-state index in [1.165, 1.54) is 17.0 Å². The molecule has 1 atom stereocenters. The number of nitrogens with zero attached hydrogens (tertiary/aromatic N) is 1. The molecule has 2 N–H and O–H groups in total. The number of phenolic OH excluding ortho intramolecular Hbond substituents is 1. The first kappa shape index (κ1) is 18.3. The van der Waals surface area contributed by atoms with E-state index in [4.69, 9.17) is 0 Å². The number of alkyl halides is 3. The van der Waals surface area contributed by atoms with Gasteiger partial charge in [-0.2, -0.15) is 13.2 Å². The first-order chi connectivity index (χ1) is 12.3. The lowest BCUT2D eigenvalue weighted by molar-refractivity contribution is -0.138. The van der Waals surface area contributed by atoms with Crippen LogP contribution in [0, 0.1) is 0 Å². The Morgan fingerprint density at radius 2 is 1.85 bits per heavy atom. The molecule has 1 aliphatic heterocycles. The van der Waals surface area contributed by atoms with E-state index in [1.807, 2.05) is 18.2 Å². The predicted octanol–water partition coefficient (Wildman–Crippen LogP) is 4.44. The Morgan fingerprint density at radius 3 is 2.50 bits per heavy atom. The second-order valence-corrected chi connectivity index (χ2v) is 6.70. The third-order valence-corrected chi connectivity index (χ3v) is 4.79. The van der Waals surface area contributed by atoms with Gasteiger partial charge < -0.3 is 10.2 Å². The zero-order chi connectivity index (χ0) is 18.9. The molecule has 26 heavy (non-hydrogen) atoms. The fourth-order valence-electron chi connectivity index (χ4n) is 2.54. The van der Waals surface area contributed by atoms with Gasteiger partial charge in [0.2, 0.25) is 0 Å². The number of hydrogen-bond donors (Lipinski definition) is 2. The van der Waals surface area contributed by atoms with E-state index in [0.29, 0.717) is 0 Å². The number of halogens is 3. The van der Waals surface area contributed by atoms with Crippen LogP contribution in [0.15, 0.2) is 53.4 Å². The van der Waals surface area contributed by atoms with Gasteiger partial charge in [0, 0.05) is 11.4 Å². The summed E-state index contributed by atoms with van der Waals surface area (Å²) in [4.78, 5) is 13.6. The van der Waals surface area contributed by atoms with Crippen LogP contribution < -0.4 is 0 Å². The summed E-state index contributed by atoms with van der Waals surface area (Å²) in [5.41, 5.74) is -0.214. The van der Waals surface area contributed by atoms with Crippen molar-refractivity contribution in [3.8, 4) is 5.75 Å². The zero-order valence-corrected chi connectivity index (χ0v) is 14.1. The second-order valence-electron chi connectivity index (χ2n) is 5.68. The highest BCUT2D eigenvalue weighted by Gasteiger charge is 2.36. The molecule has 4 nitrogen and oxygen atoms in total. The lowest BCUT2D eigenvalue weighted by atomic mass is 10.1. The number of thioether (sulfide) groups is 1. The van der Waals surface area contributed by atoms with Crippen LogP contribution in [0.25, 0.3) is 6.08 Å². The smallest absolute Gasteiger partial charge is 0.419 e. The monoisotopic (exact) mass is 381 g/mol. The van der Waals surface area contributed by atoms with Crippen molar-refractivity contribution in [2.75, 3.05) is 0 Å². The number of benzene rings is 2. The van der Waals surface area contributed by atoms with Crippen LogP contribution in [-0.2, 0) is 12.7 Å². The summed E-state index contributed by atoms with van der Waals surface area (Å²) in [5.74, 6) is -0.874. The van der Waals surface area contributed by atoms with E-state index < -0.39 is 23.7 Å². The molecule has 0 saturated carbocycles. The van der Waals surface area contributed by atoms with Gasteiger partial charge in [0.1, 0.15) is 5.75 Å². The summed E-state index contributed by atoms with van der Waals surface area (Å²) in [7, 11) is 0. The van der Waals surface area contributed by atoms with E-state index >= 15 is 0 Å². The quantitative estimate of drug-likeness (QED) is 0.825. The lowest BCUT2D eigenvalue weighted by Crippen LogP contribution is -2.31. The SMILES string of the molecule is O=C1SC(=Cc2ccc(O)c(C(F)(F)F)c2)C(O)N1Cc1ccccc1. The first-order valence-electron chi connectivity index (χ1n) is 7.58. The van der Waals surface area contributed by atoms with Crippen molar-refractivity contribution < 1.29 is 28.2 Å². The highest BCUT2D eigenvalue weighted by atomic mass is 32.2. The minimum atomic E-state index is -4.70. The van der Waals surface area contributed by atoms with Crippen LogP contribution >= 0.6 is 11.8 Å². The molecule has 0 bridgehead atoms. The average Bonchev–Trinajstić information content (AvgIpc) is 2.84. The van der Waals surface area contributed by atoms with Crippen LogP contribution in [0.1, 0.15) is 16.7 Å². The second kappa shape index (κ2) is 7.05. The van der Waals surface area contributed by atoms with E-state index in [0.717, 1.165) is 29.5 Å². The Morgan fingerprint density at radius 1 is 1.15 bits per heavy atom. The standard InChI is InChI=1S/C18H14F3NO3S/c19-18(20,21)13-8-12(6-7-14(13)23)9-15-16(24)22(17(25)26-15)10-11-4-2-1-3-5-11/h1-9,16,23-24H,10H2. The molecule has 0 aromatic heterocycles. The Hall–Kier alpha value is -2.45. The molecular weight excluding hydrogens is 367 g/mol.